The summed E-state index contributed by atoms with van der Waals surface area (Å²) in [6, 6.07) is 14.7. The van der Waals surface area contributed by atoms with E-state index in [1.807, 2.05) is 18.2 Å². The van der Waals surface area contributed by atoms with E-state index in [4.69, 9.17) is 15.7 Å². The van der Waals surface area contributed by atoms with E-state index in [1.165, 1.54) is 0 Å². The lowest BCUT2D eigenvalue weighted by Gasteiger charge is -2.29. The minimum atomic E-state index is -0.513. The number of amides is 1. The Bertz CT molecular complexity index is 937. The molecule has 1 aliphatic rings. The summed E-state index contributed by atoms with van der Waals surface area (Å²) in [6.07, 6.45) is 6.94. The molecule has 5 nitrogen and oxygen atoms in total. The molecule has 0 aliphatic carbocycles. The highest BCUT2D eigenvalue weighted by Crippen LogP contribution is 2.37. The molecule has 0 saturated heterocycles. The van der Waals surface area contributed by atoms with Crippen molar-refractivity contribution in [3.8, 4) is 11.8 Å². The van der Waals surface area contributed by atoms with E-state index >= 15 is 0 Å². The number of hydrogen-bond acceptors (Lipinski definition) is 4. The van der Waals surface area contributed by atoms with Gasteiger partial charge in [0.2, 0.25) is 5.91 Å². The number of anilines is 1. The number of carbonyl (C=O) groups is 1. The Hall–Kier alpha value is -3.52. The van der Waals surface area contributed by atoms with Crippen LogP contribution in [0.1, 0.15) is 23.1 Å². The molecule has 1 amide bonds. The Morgan fingerprint density at radius 2 is 2.00 bits per heavy atom. The van der Waals surface area contributed by atoms with E-state index in [0.717, 1.165) is 36.3 Å². The number of nitriles is 1. The Morgan fingerprint density at radius 1 is 1.22 bits per heavy atom. The first-order chi connectivity index (χ1) is 13.1. The number of rotatable bonds is 5. The van der Waals surface area contributed by atoms with Crippen molar-refractivity contribution in [2.45, 2.75) is 6.42 Å². The van der Waals surface area contributed by atoms with Crippen molar-refractivity contribution in [3.63, 3.8) is 0 Å². The number of para-hydroxylation sites is 1. The second-order valence-electron chi connectivity index (χ2n) is 6.22. The molecule has 0 unspecified atom stereocenters. The third-order valence-corrected chi connectivity index (χ3v) is 4.50. The van der Waals surface area contributed by atoms with Crippen LogP contribution in [0.2, 0.25) is 0 Å². The first-order valence-electron chi connectivity index (χ1n) is 8.73. The predicted molar refractivity (Wildman–Crippen MR) is 107 cm³/mol. The minimum absolute atomic E-state index is 0.406. The molecule has 0 atom stereocenters. The van der Waals surface area contributed by atoms with E-state index in [2.05, 4.69) is 23.1 Å². The van der Waals surface area contributed by atoms with E-state index in [0.29, 0.717) is 16.9 Å². The quantitative estimate of drug-likeness (QED) is 0.504. The van der Waals surface area contributed by atoms with Gasteiger partial charge in [-0.25, -0.2) is 0 Å². The fourth-order valence-electron chi connectivity index (χ4n) is 3.18. The lowest BCUT2D eigenvalue weighted by atomic mass is 9.98. The van der Waals surface area contributed by atoms with E-state index in [9.17, 15) is 4.79 Å². The number of ether oxygens (including phenoxy) is 1. The number of nitrogens with two attached hydrogens (primary N) is 1. The summed E-state index contributed by atoms with van der Waals surface area (Å²) >= 11 is 0. The van der Waals surface area contributed by atoms with Crippen LogP contribution < -0.4 is 15.4 Å². The van der Waals surface area contributed by atoms with Crippen molar-refractivity contribution < 1.29 is 9.53 Å². The largest absolute Gasteiger partial charge is 0.495 e. The topological polar surface area (TPSA) is 79.3 Å². The Kier molecular flexibility index (Phi) is 5.58. The summed E-state index contributed by atoms with van der Waals surface area (Å²) < 4.78 is 5.57. The number of hydrogen-bond donors (Lipinski definition) is 1. The third kappa shape index (κ3) is 4.01. The molecule has 0 fully saturated rings. The smallest absolute Gasteiger partial charge is 0.249 e. The molecule has 2 N–H and O–H groups in total. The summed E-state index contributed by atoms with van der Waals surface area (Å²) in [7, 11) is 1.62. The van der Waals surface area contributed by atoms with Gasteiger partial charge in [-0.05, 0) is 36.3 Å². The summed E-state index contributed by atoms with van der Waals surface area (Å²) in [5.41, 5.74) is 9.10. The number of primary amides is 1. The van der Waals surface area contributed by atoms with Crippen LogP contribution in [0.15, 0.2) is 54.6 Å². The fourth-order valence-corrected chi connectivity index (χ4v) is 3.18. The van der Waals surface area contributed by atoms with Gasteiger partial charge in [0.15, 0.2) is 0 Å². The third-order valence-electron chi connectivity index (χ3n) is 4.50. The maximum absolute atomic E-state index is 12.3. The van der Waals surface area contributed by atoms with Gasteiger partial charge < -0.3 is 15.4 Å². The zero-order chi connectivity index (χ0) is 19.2. The summed E-state index contributed by atoms with van der Waals surface area (Å²) in [5, 5.41) is 8.95. The van der Waals surface area contributed by atoms with Crippen molar-refractivity contribution >= 4 is 23.2 Å². The van der Waals surface area contributed by atoms with Crippen LogP contribution in [-0.4, -0.2) is 26.1 Å². The van der Waals surface area contributed by atoms with Crippen LogP contribution in [-0.2, 0) is 4.79 Å². The second kappa shape index (κ2) is 8.24. The first kappa shape index (κ1) is 18.3. The molecule has 5 heteroatoms. The average molecular weight is 359 g/mol. The van der Waals surface area contributed by atoms with Gasteiger partial charge in [-0.1, -0.05) is 36.4 Å². The molecule has 0 radical (unpaired) electrons. The molecule has 2 aromatic rings. The van der Waals surface area contributed by atoms with Crippen molar-refractivity contribution in [3.05, 3.63) is 71.3 Å². The second-order valence-corrected chi connectivity index (χ2v) is 6.22. The van der Waals surface area contributed by atoms with Crippen LogP contribution in [0.4, 0.5) is 5.69 Å². The maximum atomic E-state index is 12.3. The minimum Gasteiger partial charge on any atom is -0.495 e. The Morgan fingerprint density at radius 3 is 2.59 bits per heavy atom. The molecule has 136 valence electrons. The highest BCUT2D eigenvalue weighted by Gasteiger charge is 2.21. The number of carbonyl (C=O) groups excluding carboxylic acids is 1. The van der Waals surface area contributed by atoms with Gasteiger partial charge >= 0.3 is 0 Å². The first-order valence-corrected chi connectivity index (χ1v) is 8.73. The normalized spacial score (nSPS) is 13.9. The highest BCUT2D eigenvalue weighted by atomic mass is 16.5. The van der Waals surface area contributed by atoms with Gasteiger partial charge in [-0.15, -0.1) is 0 Å². The molecule has 2 aromatic carbocycles. The zero-order valence-electron chi connectivity index (χ0n) is 15.2. The molecule has 1 aliphatic heterocycles. The van der Waals surface area contributed by atoms with Gasteiger partial charge in [0.05, 0.1) is 24.4 Å². The highest BCUT2D eigenvalue weighted by molar-refractivity contribution is 6.25. The van der Waals surface area contributed by atoms with Crippen molar-refractivity contribution in [1.82, 2.24) is 0 Å². The lowest BCUT2D eigenvalue weighted by Crippen LogP contribution is -2.29. The predicted octanol–water partition coefficient (Wildman–Crippen LogP) is 3.36. The number of methoxy groups -OCH3 is 1. The molecule has 0 saturated carbocycles. The van der Waals surface area contributed by atoms with Crippen LogP contribution in [0.25, 0.3) is 11.6 Å². The molecular formula is C22H21N3O2. The van der Waals surface area contributed by atoms with Crippen molar-refractivity contribution in [1.29, 1.82) is 5.26 Å². The van der Waals surface area contributed by atoms with Crippen molar-refractivity contribution in [2.75, 3.05) is 25.1 Å². The van der Waals surface area contributed by atoms with E-state index < -0.39 is 5.91 Å². The number of nitrogens with zero attached hydrogens (tertiary/aromatic N) is 2. The van der Waals surface area contributed by atoms with Gasteiger partial charge in [-0.2, -0.15) is 5.26 Å². The Labute approximate surface area is 159 Å². The van der Waals surface area contributed by atoms with Crippen LogP contribution in [0.5, 0.6) is 5.75 Å². The molecule has 0 aromatic heterocycles. The molecule has 0 bridgehead atoms. The van der Waals surface area contributed by atoms with Gasteiger partial charge in [0.25, 0.3) is 0 Å². The standard InChI is InChI=1S/C22H21N3O2/c1-27-20-7-5-6-18(21(20)25-12-3-2-4-13-25)19(22(24)26)14-16-8-10-17(15-23)11-9-16/h2-3,5-11,14H,4,12-13H2,1H3,(H2,24,26). The fraction of sp³-hybridized carbons (Fsp3) is 0.182. The molecule has 1 heterocycles. The van der Waals surface area contributed by atoms with Crippen LogP contribution in [0.3, 0.4) is 0 Å². The SMILES string of the molecule is COc1cccc(C(=Cc2ccc(C#N)cc2)C(N)=O)c1N1CC=CCC1. The Balaban J connectivity index is 2.12. The molecule has 0 spiro atoms. The summed E-state index contributed by atoms with van der Waals surface area (Å²) in [6.45, 7) is 1.59. The average Bonchev–Trinajstić information content (AvgIpc) is 2.72. The lowest BCUT2D eigenvalue weighted by molar-refractivity contribution is -0.112. The molecule has 3 rings (SSSR count). The summed E-state index contributed by atoms with van der Waals surface area (Å²) in [4.78, 5) is 14.5. The van der Waals surface area contributed by atoms with Gasteiger partial charge in [-0.3, -0.25) is 4.79 Å². The number of benzene rings is 2. The van der Waals surface area contributed by atoms with Gasteiger partial charge in [0.1, 0.15) is 5.75 Å². The zero-order valence-corrected chi connectivity index (χ0v) is 15.2. The maximum Gasteiger partial charge on any atom is 0.249 e. The van der Waals surface area contributed by atoms with Gasteiger partial charge in [0, 0.05) is 24.2 Å². The van der Waals surface area contributed by atoms with E-state index in [-0.39, 0.29) is 0 Å². The van der Waals surface area contributed by atoms with Crippen LogP contribution in [0, 0.1) is 11.3 Å². The monoisotopic (exact) mass is 359 g/mol. The summed E-state index contributed by atoms with van der Waals surface area (Å²) in [5.74, 6) is 0.191. The molecule has 27 heavy (non-hydrogen) atoms. The van der Waals surface area contributed by atoms with E-state index in [1.54, 1.807) is 37.5 Å². The van der Waals surface area contributed by atoms with Crippen molar-refractivity contribution in [2.24, 2.45) is 5.73 Å². The van der Waals surface area contributed by atoms with Crippen LogP contribution >= 0.6 is 0 Å². The molecular weight excluding hydrogens is 338 g/mol.